The van der Waals surface area contributed by atoms with Crippen LogP contribution in [0.15, 0.2) is 48.8 Å². The summed E-state index contributed by atoms with van der Waals surface area (Å²) in [4.78, 5) is 25.9. The first-order valence-corrected chi connectivity index (χ1v) is 7.29. The summed E-state index contributed by atoms with van der Waals surface area (Å²) in [5.74, 6) is 0.0511. The number of Topliss-reactive ketones (excluding diaryl/α,β-unsaturated/α-hetero) is 2. The van der Waals surface area contributed by atoms with E-state index >= 15 is 0 Å². The molecule has 0 saturated heterocycles. The molecular weight excluding hydrogens is 300 g/mol. The molecule has 0 fully saturated rings. The van der Waals surface area contributed by atoms with Crippen LogP contribution in [0.1, 0.15) is 20.7 Å². The molecule has 22 heavy (non-hydrogen) atoms. The number of carbonyl (C=O) groups excluding carboxylic acids is 2. The van der Waals surface area contributed by atoms with Gasteiger partial charge >= 0.3 is 0 Å². The molecule has 1 aromatic heterocycles. The van der Waals surface area contributed by atoms with Crippen LogP contribution in [0.5, 0.6) is 0 Å². The van der Waals surface area contributed by atoms with E-state index in [1.54, 1.807) is 53.4 Å². The number of hydrogen-bond acceptors (Lipinski definition) is 3. The van der Waals surface area contributed by atoms with Gasteiger partial charge in [0.1, 0.15) is 0 Å². The monoisotopic (exact) mass is 317 g/mol. The highest BCUT2D eigenvalue weighted by Crippen LogP contribution is 2.10. The highest BCUT2D eigenvalue weighted by molar-refractivity contribution is 6.30. The fourth-order valence-corrected chi connectivity index (χ4v) is 2.15. The maximum Gasteiger partial charge on any atom is 0.227 e. The van der Waals surface area contributed by atoms with Crippen LogP contribution < -0.4 is 4.57 Å². The van der Waals surface area contributed by atoms with Crippen molar-refractivity contribution in [1.29, 1.82) is 0 Å². The zero-order chi connectivity index (χ0) is 16.1. The van der Waals surface area contributed by atoms with Crippen LogP contribution in [0, 0.1) is 0 Å². The molecule has 0 saturated carbocycles. The van der Waals surface area contributed by atoms with Gasteiger partial charge in [-0.3, -0.25) is 9.59 Å². The molecule has 2 rings (SSSR count). The van der Waals surface area contributed by atoms with E-state index in [0.717, 1.165) is 0 Å². The lowest BCUT2D eigenvalue weighted by atomic mass is 10.1. The summed E-state index contributed by atoms with van der Waals surface area (Å²) < 4.78 is 1.75. The van der Waals surface area contributed by atoms with Crippen molar-refractivity contribution >= 4 is 23.2 Å². The summed E-state index contributed by atoms with van der Waals surface area (Å²) in [6.07, 6.45) is 3.49. The Morgan fingerprint density at radius 1 is 0.955 bits per heavy atom. The third-order valence-electron chi connectivity index (χ3n) is 3.17. The topological polar surface area (TPSA) is 41.3 Å². The Labute approximate surface area is 134 Å². The molecule has 1 aromatic carbocycles. The van der Waals surface area contributed by atoms with E-state index in [1.807, 2.05) is 19.0 Å². The summed E-state index contributed by atoms with van der Waals surface area (Å²) in [6, 6.07) is 10.3. The summed E-state index contributed by atoms with van der Waals surface area (Å²) in [5.41, 5.74) is 1.26. The summed E-state index contributed by atoms with van der Waals surface area (Å²) in [6.45, 7) is 0.595. The van der Waals surface area contributed by atoms with Crippen LogP contribution in [0.3, 0.4) is 0 Å². The Kier molecular flexibility index (Phi) is 5.41. The predicted octanol–water partition coefficient (Wildman–Crippen LogP) is 2.25. The number of benzene rings is 1. The van der Waals surface area contributed by atoms with Crippen molar-refractivity contribution in [1.82, 2.24) is 4.90 Å². The Hall–Kier alpha value is -2.04. The molecule has 0 spiro atoms. The van der Waals surface area contributed by atoms with Gasteiger partial charge in [0.25, 0.3) is 0 Å². The predicted molar refractivity (Wildman–Crippen MR) is 85.3 cm³/mol. The summed E-state index contributed by atoms with van der Waals surface area (Å²) >= 11 is 5.81. The molecule has 114 valence electrons. The molecule has 1 heterocycles. The minimum Gasteiger partial charge on any atom is -0.302 e. The molecule has 0 radical (unpaired) electrons. The normalized spacial score (nSPS) is 10.7. The van der Waals surface area contributed by atoms with Crippen LogP contribution in [-0.4, -0.2) is 37.1 Å². The second-order valence-corrected chi connectivity index (χ2v) is 5.79. The number of rotatable bonds is 6. The summed E-state index contributed by atoms with van der Waals surface area (Å²) in [7, 11) is 3.71. The van der Waals surface area contributed by atoms with Gasteiger partial charge in [-0.25, -0.2) is 0 Å². The van der Waals surface area contributed by atoms with Crippen molar-refractivity contribution in [3.63, 3.8) is 0 Å². The maximum atomic E-state index is 12.2. The van der Waals surface area contributed by atoms with Gasteiger partial charge in [0.05, 0.1) is 6.54 Å². The summed E-state index contributed by atoms with van der Waals surface area (Å²) in [5, 5.41) is 0.605. The zero-order valence-electron chi connectivity index (χ0n) is 12.6. The van der Waals surface area contributed by atoms with E-state index in [1.165, 1.54) is 0 Å². The lowest BCUT2D eigenvalue weighted by molar-refractivity contribution is -0.683. The number of carbonyl (C=O) groups is 2. The molecule has 0 aliphatic heterocycles. The average molecular weight is 318 g/mol. The van der Waals surface area contributed by atoms with Gasteiger partial charge in [0.15, 0.2) is 18.2 Å². The number of nitrogens with zero attached hydrogens (tertiary/aromatic N) is 2. The fraction of sp³-hybridized carbons (Fsp3) is 0.235. The lowest BCUT2D eigenvalue weighted by Crippen LogP contribution is -2.37. The number of hydrogen-bond donors (Lipinski definition) is 0. The van der Waals surface area contributed by atoms with Gasteiger partial charge in [0, 0.05) is 28.3 Å². The maximum absolute atomic E-state index is 12.2. The van der Waals surface area contributed by atoms with Crippen LogP contribution in [0.4, 0.5) is 0 Å². The molecule has 0 atom stereocenters. The average Bonchev–Trinajstić information content (AvgIpc) is 2.48. The molecule has 0 aliphatic rings. The number of pyridine rings is 1. The third kappa shape index (κ3) is 4.48. The number of ketones is 2. The molecule has 4 nitrogen and oxygen atoms in total. The van der Waals surface area contributed by atoms with Gasteiger partial charge in [-0.15, -0.1) is 0 Å². The van der Waals surface area contributed by atoms with E-state index in [4.69, 9.17) is 11.6 Å². The lowest BCUT2D eigenvalue weighted by Gasteiger charge is -2.07. The highest BCUT2D eigenvalue weighted by atomic mass is 35.5. The molecule has 2 aromatic rings. The first-order chi connectivity index (χ1) is 10.5. The molecule has 0 aliphatic carbocycles. The van der Waals surface area contributed by atoms with Crippen molar-refractivity contribution in [3.8, 4) is 0 Å². The largest absolute Gasteiger partial charge is 0.302 e. The van der Waals surface area contributed by atoms with E-state index in [2.05, 4.69) is 0 Å². The fourth-order valence-electron chi connectivity index (χ4n) is 2.02. The number of halogens is 1. The van der Waals surface area contributed by atoms with E-state index < -0.39 is 0 Å². The van der Waals surface area contributed by atoms with Gasteiger partial charge < -0.3 is 4.90 Å². The van der Waals surface area contributed by atoms with E-state index in [9.17, 15) is 9.59 Å². The number of likely N-dealkylation sites (N-methyl/N-ethyl adjacent to an activating group) is 1. The van der Waals surface area contributed by atoms with Crippen molar-refractivity contribution in [2.24, 2.45) is 0 Å². The molecule has 5 heteroatoms. The highest BCUT2D eigenvalue weighted by Gasteiger charge is 2.13. The standard InChI is InChI=1S/C17H18ClN2O2/c1-19(2)11-16(21)14-7-9-20(10-8-14)12-17(22)13-3-5-15(18)6-4-13/h3-10H,11-12H2,1-2H3/q+1. The van der Waals surface area contributed by atoms with Crippen molar-refractivity contribution < 1.29 is 14.2 Å². The SMILES string of the molecule is CN(C)CC(=O)c1cc[n+](CC(=O)c2ccc(Cl)cc2)cc1. The van der Waals surface area contributed by atoms with E-state index in [-0.39, 0.29) is 18.1 Å². The molecule has 0 N–H and O–H groups in total. The Balaban J connectivity index is 2.03. The minimum absolute atomic E-state index is 0.00552. The molecule has 0 amide bonds. The van der Waals surface area contributed by atoms with Gasteiger partial charge in [-0.2, -0.15) is 4.57 Å². The third-order valence-corrected chi connectivity index (χ3v) is 3.42. The molecule has 0 unspecified atom stereocenters. The zero-order valence-corrected chi connectivity index (χ0v) is 13.4. The van der Waals surface area contributed by atoms with Crippen LogP contribution in [-0.2, 0) is 6.54 Å². The molecular formula is C17H18ClN2O2+. The first kappa shape index (κ1) is 16.3. The first-order valence-electron chi connectivity index (χ1n) is 6.91. The second-order valence-electron chi connectivity index (χ2n) is 5.35. The molecule has 0 bridgehead atoms. The Bertz CT molecular complexity index is 664. The quantitative estimate of drug-likeness (QED) is 0.606. The van der Waals surface area contributed by atoms with Gasteiger partial charge in [0.2, 0.25) is 12.3 Å². The smallest absolute Gasteiger partial charge is 0.227 e. The number of aromatic nitrogens is 1. The van der Waals surface area contributed by atoms with Crippen LogP contribution >= 0.6 is 11.6 Å². The van der Waals surface area contributed by atoms with Gasteiger partial charge in [-0.1, -0.05) is 11.6 Å². The Morgan fingerprint density at radius 2 is 1.50 bits per heavy atom. The second kappa shape index (κ2) is 7.29. The van der Waals surface area contributed by atoms with Gasteiger partial charge in [-0.05, 0) is 38.4 Å². The van der Waals surface area contributed by atoms with Crippen molar-refractivity contribution in [2.45, 2.75) is 6.54 Å². The van der Waals surface area contributed by atoms with Crippen LogP contribution in [0.2, 0.25) is 5.02 Å². The van der Waals surface area contributed by atoms with E-state index in [0.29, 0.717) is 22.7 Å². The minimum atomic E-state index is -0.00552. The van der Waals surface area contributed by atoms with Crippen molar-refractivity contribution in [3.05, 3.63) is 64.9 Å². The van der Waals surface area contributed by atoms with Crippen LogP contribution in [0.25, 0.3) is 0 Å². The Morgan fingerprint density at radius 3 is 2.05 bits per heavy atom. The van der Waals surface area contributed by atoms with Crippen molar-refractivity contribution in [2.75, 3.05) is 20.6 Å².